The van der Waals surface area contributed by atoms with Gasteiger partial charge in [0, 0.05) is 11.6 Å². The van der Waals surface area contributed by atoms with Gasteiger partial charge in [0.1, 0.15) is 5.75 Å². The number of ether oxygens (including phenoxy) is 1. The standard InChI is InChI=1S/C19H28N2O2S/c1-14(2)12-13-23-17-10-8-15(9-11-17)18(22)21-19(24)20-16-6-4-3-5-7-16/h8-11,14,16H,3-7,12-13H2,1-2H3,(H2,20,21,22,24). The topological polar surface area (TPSA) is 50.4 Å². The lowest BCUT2D eigenvalue weighted by atomic mass is 9.96. The number of benzene rings is 1. The van der Waals surface area contributed by atoms with E-state index in [2.05, 4.69) is 24.5 Å². The van der Waals surface area contributed by atoms with E-state index in [9.17, 15) is 4.79 Å². The number of carbonyl (C=O) groups excluding carboxylic acids is 1. The van der Waals surface area contributed by atoms with Crippen LogP contribution in [0.2, 0.25) is 0 Å². The summed E-state index contributed by atoms with van der Waals surface area (Å²) in [5.41, 5.74) is 0.582. The Morgan fingerprint density at radius 1 is 1.21 bits per heavy atom. The molecule has 0 saturated heterocycles. The van der Waals surface area contributed by atoms with E-state index in [0.717, 1.165) is 25.0 Å². The van der Waals surface area contributed by atoms with Gasteiger partial charge in [0.25, 0.3) is 5.91 Å². The van der Waals surface area contributed by atoms with Crippen molar-refractivity contribution in [1.82, 2.24) is 10.6 Å². The summed E-state index contributed by atoms with van der Waals surface area (Å²) in [5, 5.41) is 6.43. The van der Waals surface area contributed by atoms with Gasteiger partial charge in [-0.15, -0.1) is 0 Å². The lowest BCUT2D eigenvalue weighted by Crippen LogP contribution is -2.44. The van der Waals surface area contributed by atoms with Crippen LogP contribution in [0.25, 0.3) is 0 Å². The second-order valence-corrected chi connectivity index (χ2v) is 7.23. The second kappa shape index (κ2) is 9.62. The highest BCUT2D eigenvalue weighted by atomic mass is 32.1. The van der Waals surface area contributed by atoms with Gasteiger partial charge in [0.15, 0.2) is 5.11 Å². The number of nitrogens with one attached hydrogen (secondary N) is 2. The number of amides is 1. The van der Waals surface area contributed by atoms with Gasteiger partial charge in [-0.05, 0) is 61.7 Å². The molecule has 5 heteroatoms. The van der Waals surface area contributed by atoms with Gasteiger partial charge in [-0.25, -0.2) is 0 Å². The first-order chi connectivity index (χ1) is 11.5. The first-order valence-corrected chi connectivity index (χ1v) is 9.30. The summed E-state index contributed by atoms with van der Waals surface area (Å²) in [7, 11) is 0. The normalized spacial score (nSPS) is 15.1. The van der Waals surface area contributed by atoms with Crippen molar-refractivity contribution in [1.29, 1.82) is 0 Å². The molecule has 4 nitrogen and oxygen atoms in total. The summed E-state index contributed by atoms with van der Waals surface area (Å²) >= 11 is 5.25. The summed E-state index contributed by atoms with van der Waals surface area (Å²) < 4.78 is 5.66. The summed E-state index contributed by atoms with van der Waals surface area (Å²) in [4.78, 5) is 12.2. The second-order valence-electron chi connectivity index (χ2n) is 6.82. The maximum atomic E-state index is 12.2. The third-order valence-corrected chi connectivity index (χ3v) is 4.47. The first-order valence-electron chi connectivity index (χ1n) is 8.89. The molecule has 2 N–H and O–H groups in total. The van der Waals surface area contributed by atoms with Crippen LogP contribution >= 0.6 is 12.2 Å². The number of thiocarbonyl (C=S) groups is 1. The zero-order chi connectivity index (χ0) is 17.4. The highest BCUT2D eigenvalue weighted by Gasteiger charge is 2.15. The molecule has 0 heterocycles. The van der Waals surface area contributed by atoms with Crippen molar-refractivity contribution in [3.8, 4) is 5.75 Å². The van der Waals surface area contributed by atoms with Crippen LogP contribution in [0.5, 0.6) is 5.75 Å². The Kier molecular flexibility index (Phi) is 7.50. The van der Waals surface area contributed by atoms with Crippen molar-refractivity contribution < 1.29 is 9.53 Å². The van der Waals surface area contributed by atoms with E-state index >= 15 is 0 Å². The van der Waals surface area contributed by atoms with Crippen molar-refractivity contribution in [2.45, 2.75) is 58.4 Å². The van der Waals surface area contributed by atoms with E-state index in [1.54, 1.807) is 12.1 Å². The van der Waals surface area contributed by atoms with Gasteiger partial charge >= 0.3 is 0 Å². The summed E-state index contributed by atoms with van der Waals surface area (Å²) in [6, 6.07) is 7.58. The molecular weight excluding hydrogens is 320 g/mol. The quantitative estimate of drug-likeness (QED) is 0.762. The van der Waals surface area contributed by atoms with Crippen LogP contribution in [0.4, 0.5) is 0 Å². The van der Waals surface area contributed by atoms with Gasteiger partial charge in [-0.3, -0.25) is 10.1 Å². The molecule has 1 amide bonds. The van der Waals surface area contributed by atoms with E-state index in [4.69, 9.17) is 17.0 Å². The Labute approximate surface area is 150 Å². The molecular formula is C19H28N2O2S. The molecule has 1 aliphatic rings. The maximum absolute atomic E-state index is 12.2. The van der Waals surface area contributed by atoms with Crippen LogP contribution in [0.3, 0.4) is 0 Å². The fourth-order valence-corrected chi connectivity index (χ4v) is 3.02. The van der Waals surface area contributed by atoms with Gasteiger partial charge < -0.3 is 10.1 Å². The lowest BCUT2D eigenvalue weighted by Gasteiger charge is -2.24. The molecule has 1 fully saturated rings. The zero-order valence-corrected chi connectivity index (χ0v) is 15.5. The smallest absolute Gasteiger partial charge is 0.257 e. The van der Waals surface area contributed by atoms with Gasteiger partial charge in [0.2, 0.25) is 0 Å². The van der Waals surface area contributed by atoms with Crippen molar-refractivity contribution in [3.63, 3.8) is 0 Å². The highest BCUT2D eigenvalue weighted by Crippen LogP contribution is 2.17. The minimum Gasteiger partial charge on any atom is -0.494 e. The molecule has 1 saturated carbocycles. The fourth-order valence-electron chi connectivity index (χ4n) is 2.76. The van der Waals surface area contributed by atoms with E-state index in [1.165, 1.54) is 19.3 Å². The first kappa shape index (κ1) is 18.7. The van der Waals surface area contributed by atoms with Crippen LogP contribution < -0.4 is 15.4 Å². The molecule has 1 aromatic rings. The van der Waals surface area contributed by atoms with Crippen LogP contribution in [-0.4, -0.2) is 23.7 Å². The van der Waals surface area contributed by atoms with Gasteiger partial charge in [-0.2, -0.15) is 0 Å². The van der Waals surface area contributed by atoms with E-state index in [0.29, 0.717) is 29.2 Å². The van der Waals surface area contributed by atoms with Gasteiger partial charge in [-0.1, -0.05) is 33.1 Å². The van der Waals surface area contributed by atoms with Crippen molar-refractivity contribution in [3.05, 3.63) is 29.8 Å². The molecule has 0 spiro atoms. The third kappa shape index (κ3) is 6.48. The van der Waals surface area contributed by atoms with Crippen molar-refractivity contribution in [2.24, 2.45) is 5.92 Å². The molecule has 0 radical (unpaired) electrons. The van der Waals surface area contributed by atoms with Crippen LogP contribution in [-0.2, 0) is 0 Å². The van der Waals surface area contributed by atoms with Crippen LogP contribution in [0.1, 0.15) is 62.7 Å². The van der Waals surface area contributed by atoms with E-state index in [1.807, 2.05) is 12.1 Å². The molecule has 1 aromatic carbocycles. The molecule has 0 aromatic heterocycles. The highest BCUT2D eigenvalue weighted by molar-refractivity contribution is 7.80. The van der Waals surface area contributed by atoms with E-state index < -0.39 is 0 Å². The molecule has 2 rings (SSSR count). The summed E-state index contributed by atoms with van der Waals surface area (Å²) in [5.74, 6) is 1.22. The average Bonchev–Trinajstić information content (AvgIpc) is 2.56. The van der Waals surface area contributed by atoms with Gasteiger partial charge in [0.05, 0.1) is 6.61 Å². The average molecular weight is 349 g/mol. The predicted molar refractivity (Wildman–Crippen MR) is 101 cm³/mol. The SMILES string of the molecule is CC(C)CCOc1ccc(C(=O)NC(=S)NC2CCCCC2)cc1. The minimum atomic E-state index is -0.183. The Balaban J connectivity index is 1.77. The number of rotatable bonds is 6. The molecule has 1 aliphatic carbocycles. The summed E-state index contributed by atoms with van der Waals surface area (Å²) in [6.45, 7) is 5.03. The molecule has 0 atom stereocenters. The molecule has 24 heavy (non-hydrogen) atoms. The monoisotopic (exact) mass is 348 g/mol. The fraction of sp³-hybridized carbons (Fsp3) is 0.579. The van der Waals surface area contributed by atoms with Crippen LogP contribution in [0, 0.1) is 5.92 Å². The number of hydrogen-bond acceptors (Lipinski definition) is 3. The largest absolute Gasteiger partial charge is 0.494 e. The minimum absolute atomic E-state index is 0.183. The van der Waals surface area contributed by atoms with E-state index in [-0.39, 0.29) is 5.91 Å². The molecule has 0 unspecified atom stereocenters. The Morgan fingerprint density at radius 2 is 1.88 bits per heavy atom. The van der Waals surface area contributed by atoms with Crippen molar-refractivity contribution in [2.75, 3.05) is 6.61 Å². The number of carbonyl (C=O) groups is 1. The number of hydrogen-bond donors (Lipinski definition) is 2. The lowest BCUT2D eigenvalue weighted by molar-refractivity contribution is 0.0976. The van der Waals surface area contributed by atoms with Crippen molar-refractivity contribution >= 4 is 23.2 Å². The summed E-state index contributed by atoms with van der Waals surface area (Å²) in [6.07, 6.45) is 7.02. The third-order valence-electron chi connectivity index (χ3n) is 4.25. The Bertz CT molecular complexity index is 537. The van der Waals surface area contributed by atoms with Crippen LogP contribution in [0.15, 0.2) is 24.3 Å². The molecule has 0 aliphatic heterocycles. The Morgan fingerprint density at radius 3 is 2.50 bits per heavy atom. The molecule has 0 bridgehead atoms. The maximum Gasteiger partial charge on any atom is 0.257 e. The molecule has 132 valence electrons. The Hall–Kier alpha value is -1.62. The predicted octanol–water partition coefficient (Wildman–Crippen LogP) is 4.05. The zero-order valence-electron chi connectivity index (χ0n) is 14.6.